The van der Waals surface area contributed by atoms with Crippen LogP contribution in [0.25, 0.3) is 11.0 Å². The second kappa shape index (κ2) is 7.95. The third kappa shape index (κ3) is 4.48. The molecule has 1 amide bonds. The lowest BCUT2D eigenvalue weighted by molar-refractivity contribution is -0.141. The van der Waals surface area contributed by atoms with Gasteiger partial charge in [-0.2, -0.15) is 13.2 Å². The molecule has 0 saturated carbocycles. The standard InChI is InChI=1S/C19H16F3N7OS/c1-10(27-17(30)12-5-14-13(7-23-12)26-9-29(14)2)15-8-25-18(31-15)28-11-3-4-16(24-6-11)19(20,21)22/h3-10H,1-2H3,(H,25,28)(H,27,30). The summed E-state index contributed by atoms with van der Waals surface area (Å²) in [6, 6.07) is 3.49. The minimum Gasteiger partial charge on any atom is -0.343 e. The average molecular weight is 447 g/mol. The van der Waals surface area contributed by atoms with E-state index in [2.05, 4.69) is 30.6 Å². The highest BCUT2D eigenvalue weighted by Crippen LogP contribution is 2.30. The highest BCUT2D eigenvalue weighted by Gasteiger charge is 2.32. The van der Waals surface area contributed by atoms with Crippen LogP contribution >= 0.6 is 11.3 Å². The Bertz CT molecular complexity index is 1230. The molecule has 0 aliphatic carbocycles. The first kappa shape index (κ1) is 20.7. The van der Waals surface area contributed by atoms with Crippen LogP contribution in [0.1, 0.15) is 34.0 Å². The van der Waals surface area contributed by atoms with E-state index in [1.54, 1.807) is 36.3 Å². The van der Waals surface area contributed by atoms with Crippen LogP contribution in [0.3, 0.4) is 0 Å². The molecule has 160 valence electrons. The van der Waals surface area contributed by atoms with Crippen LogP contribution in [0, 0.1) is 0 Å². The van der Waals surface area contributed by atoms with Gasteiger partial charge in [-0.3, -0.25) is 4.79 Å². The van der Waals surface area contributed by atoms with Crippen molar-refractivity contribution in [1.29, 1.82) is 0 Å². The molecule has 4 rings (SSSR count). The number of nitrogens with zero attached hydrogens (tertiary/aromatic N) is 5. The maximum absolute atomic E-state index is 12.6. The molecule has 0 fully saturated rings. The minimum atomic E-state index is -4.49. The molecule has 0 aromatic carbocycles. The van der Waals surface area contributed by atoms with Gasteiger partial charge >= 0.3 is 6.18 Å². The number of amides is 1. The Balaban J connectivity index is 1.42. The fourth-order valence-electron chi connectivity index (χ4n) is 2.80. The van der Waals surface area contributed by atoms with Gasteiger partial charge in [0.25, 0.3) is 5.91 Å². The number of pyridine rings is 2. The van der Waals surface area contributed by atoms with E-state index in [4.69, 9.17) is 0 Å². The van der Waals surface area contributed by atoms with Crippen molar-refractivity contribution in [3.8, 4) is 0 Å². The van der Waals surface area contributed by atoms with E-state index in [1.807, 2.05) is 7.05 Å². The van der Waals surface area contributed by atoms with Crippen molar-refractivity contribution in [2.45, 2.75) is 19.1 Å². The van der Waals surface area contributed by atoms with Crippen molar-refractivity contribution >= 4 is 39.1 Å². The van der Waals surface area contributed by atoms with Crippen LogP contribution < -0.4 is 10.6 Å². The molecule has 0 aliphatic rings. The summed E-state index contributed by atoms with van der Waals surface area (Å²) < 4.78 is 39.6. The van der Waals surface area contributed by atoms with Gasteiger partial charge in [0.05, 0.1) is 36.0 Å². The summed E-state index contributed by atoms with van der Waals surface area (Å²) in [6.45, 7) is 1.80. The smallest absolute Gasteiger partial charge is 0.343 e. The summed E-state index contributed by atoms with van der Waals surface area (Å²) in [5.74, 6) is -0.342. The molecule has 0 saturated heterocycles. The summed E-state index contributed by atoms with van der Waals surface area (Å²) in [5.41, 5.74) is 1.17. The molecule has 2 N–H and O–H groups in total. The number of alkyl halides is 3. The van der Waals surface area contributed by atoms with Gasteiger partial charge in [-0.15, -0.1) is 0 Å². The number of thiazole rings is 1. The predicted octanol–water partition coefficient (Wildman–Crippen LogP) is 4.07. The molecule has 4 heterocycles. The van der Waals surface area contributed by atoms with Gasteiger partial charge in [0, 0.05) is 18.1 Å². The van der Waals surface area contributed by atoms with Crippen LogP contribution in [0.4, 0.5) is 24.0 Å². The van der Waals surface area contributed by atoms with Crippen molar-refractivity contribution in [2.75, 3.05) is 5.32 Å². The van der Waals surface area contributed by atoms with Gasteiger partial charge in [0.15, 0.2) is 5.13 Å². The van der Waals surface area contributed by atoms with Gasteiger partial charge in [-0.25, -0.2) is 19.9 Å². The molecule has 4 aromatic rings. The summed E-state index contributed by atoms with van der Waals surface area (Å²) in [6.07, 6.45) is 1.38. The first-order valence-electron chi connectivity index (χ1n) is 9.04. The number of rotatable bonds is 5. The van der Waals surface area contributed by atoms with E-state index in [1.165, 1.54) is 17.4 Å². The quantitative estimate of drug-likeness (QED) is 0.479. The van der Waals surface area contributed by atoms with E-state index < -0.39 is 11.9 Å². The second-order valence-corrected chi connectivity index (χ2v) is 7.79. The van der Waals surface area contributed by atoms with E-state index in [-0.39, 0.29) is 17.6 Å². The molecule has 0 radical (unpaired) electrons. The van der Waals surface area contributed by atoms with Crippen LogP contribution in [0.15, 0.2) is 43.1 Å². The Morgan fingerprint density at radius 1 is 1.13 bits per heavy atom. The Kier molecular flexibility index (Phi) is 5.31. The third-order valence-electron chi connectivity index (χ3n) is 4.45. The molecular weight excluding hydrogens is 431 g/mol. The van der Waals surface area contributed by atoms with Crippen molar-refractivity contribution < 1.29 is 18.0 Å². The lowest BCUT2D eigenvalue weighted by Crippen LogP contribution is -2.26. The Hall–Kier alpha value is -3.54. The first-order chi connectivity index (χ1) is 14.7. The molecule has 8 nitrogen and oxygen atoms in total. The number of hydrogen-bond donors (Lipinski definition) is 2. The SMILES string of the molecule is CC(NC(=O)c1cc2c(cn1)ncn2C)c1cnc(Nc2ccc(C(F)(F)F)nc2)s1. The molecule has 0 bridgehead atoms. The minimum absolute atomic E-state index is 0.265. The summed E-state index contributed by atoms with van der Waals surface area (Å²) in [5, 5.41) is 6.24. The normalized spacial score (nSPS) is 12.7. The van der Waals surface area contributed by atoms with Gasteiger partial charge in [-0.1, -0.05) is 11.3 Å². The summed E-state index contributed by atoms with van der Waals surface area (Å²) >= 11 is 1.27. The maximum Gasteiger partial charge on any atom is 0.433 e. The van der Waals surface area contributed by atoms with Crippen molar-refractivity contribution in [3.63, 3.8) is 0 Å². The molecule has 12 heteroatoms. The fourth-order valence-corrected chi connectivity index (χ4v) is 3.64. The number of nitrogens with one attached hydrogen (secondary N) is 2. The highest BCUT2D eigenvalue weighted by atomic mass is 32.1. The summed E-state index contributed by atoms with van der Waals surface area (Å²) in [7, 11) is 1.83. The predicted molar refractivity (Wildman–Crippen MR) is 109 cm³/mol. The average Bonchev–Trinajstić information content (AvgIpc) is 3.34. The van der Waals surface area contributed by atoms with Crippen LogP contribution in [-0.2, 0) is 13.2 Å². The van der Waals surface area contributed by atoms with Crippen molar-refractivity contribution in [1.82, 2.24) is 29.8 Å². The maximum atomic E-state index is 12.6. The Morgan fingerprint density at radius 3 is 2.65 bits per heavy atom. The lowest BCUT2D eigenvalue weighted by atomic mass is 10.2. The molecule has 1 unspecified atom stereocenters. The zero-order chi connectivity index (χ0) is 22.2. The zero-order valence-electron chi connectivity index (χ0n) is 16.3. The first-order valence-corrected chi connectivity index (χ1v) is 9.86. The Labute approximate surface area is 178 Å². The van der Waals surface area contributed by atoms with E-state index in [9.17, 15) is 18.0 Å². The van der Waals surface area contributed by atoms with Gasteiger partial charge in [0.2, 0.25) is 0 Å². The molecular formula is C19H16F3N7OS. The third-order valence-corrected chi connectivity index (χ3v) is 5.54. The topological polar surface area (TPSA) is 97.6 Å². The number of carbonyl (C=O) groups is 1. The highest BCUT2D eigenvalue weighted by molar-refractivity contribution is 7.15. The number of anilines is 2. The number of imidazole rings is 1. The fraction of sp³-hybridized carbons (Fsp3) is 0.211. The molecule has 0 spiro atoms. The van der Waals surface area contributed by atoms with Crippen LogP contribution in [0.2, 0.25) is 0 Å². The van der Waals surface area contributed by atoms with Gasteiger partial charge in [0.1, 0.15) is 16.9 Å². The van der Waals surface area contributed by atoms with E-state index in [0.29, 0.717) is 16.3 Å². The van der Waals surface area contributed by atoms with Gasteiger partial charge in [-0.05, 0) is 25.1 Å². The second-order valence-electron chi connectivity index (χ2n) is 6.73. The van der Waals surface area contributed by atoms with Crippen LogP contribution in [-0.4, -0.2) is 30.4 Å². The van der Waals surface area contributed by atoms with E-state index >= 15 is 0 Å². The van der Waals surface area contributed by atoms with Crippen LogP contribution in [0.5, 0.6) is 0 Å². The number of hydrogen-bond acceptors (Lipinski definition) is 7. The molecule has 4 aromatic heterocycles. The molecule has 1 atom stereocenters. The number of aromatic nitrogens is 5. The largest absolute Gasteiger partial charge is 0.433 e. The monoisotopic (exact) mass is 447 g/mol. The number of aryl methyl sites for hydroxylation is 1. The zero-order valence-corrected chi connectivity index (χ0v) is 17.1. The number of carbonyl (C=O) groups excluding carboxylic acids is 1. The van der Waals surface area contributed by atoms with Crippen molar-refractivity contribution in [2.24, 2.45) is 7.05 Å². The lowest BCUT2D eigenvalue weighted by Gasteiger charge is -2.11. The number of halogens is 3. The van der Waals surface area contributed by atoms with Crippen molar-refractivity contribution in [3.05, 3.63) is 59.4 Å². The number of fused-ring (bicyclic) bond motifs is 1. The summed E-state index contributed by atoms with van der Waals surface area (Å²) in [4.78, 5) is 29.3. The van der Waals surface area contributed by atoms with E-state index in [0.717, 1.165) is 22.7 Å². The molecule has 31 heavy (non-hydrogen) atoms. The molecule has 0 aliphatic heterocycles. The van der Waals surface area contributed by atoms with Gasteiger partial charge < -0.3 is 15.2 Å². The Morgan fingerprint density at radius 2 is 1.94 bits per heavy atom.